The number of hydrogen-bond acceptors (Lipinski definition) is 7. The van der Waals surface area contributed by atoms with Gasteiger partial charge in [-0.1, -0.05) is 60.7 Å². The van der Waals surface area contributed by atoms with E-state index in [-0.39, 0.29) is 56.2 Å². The lowest BCUT2D eigenvalue weighted by molar-refractivity contribution is -0.189. The number of para-hydroxylation sites is 1. The Bertz CT molecular complexity index is 1690. The second kappa shape index (κ2) is 12.1. The van der Waals surface area contributed by atoms with E-state index >= 15 is 0 Å². The first-order valence-electron chi connectivity index (χ1n) is 14.4. The highest BCUT2D eigenvalue weighted by molar-refractivity contribution is 5.93. The van der Waals surface area contributed by atoms with Gasteiger partial charge in [-0.15, -0.1) is 6.58 Å². The number of anilines is 1. The number of fused-ring (bicyclic) bond motifs is 2. The van der Waals surface area contributed by atoms with E-state index in [0.29, 0.717) is 12.4 Å². The van der Waals surface area contributed by atoms with Gasteiger partial charge >= 0.3 is 6.03 Å². The fraction of sp³-hybridized carbons (Fsp3) is 0.250. The van der Waals surface area contributed by atoms with Crippen LogP contribution in [0.5, 0.6) is 5.75 Å². The number of amides is 4. The van der Waals surface area contributed by atoms with Crippen LogP contribution in [0.4, 0.5) is 10.6 Å². The van der Waals surface area contributed by atoms with Gasteiger partial charge in [-0.3, -0.25) is 14.7 Å². The highest BCUT2D eigenvalue weighted by Gasteiger charge is 2.51. The summed E-state index contributed by atoms with van der Waals surface area (Å²) in [7, 11) is 0. The zero-order valence-electron chi connectivity index (χ0n) is 24.1. The summed E-state index contributed by atoms with van der Waals surface area (Å²) < 4.78 is 0. The van der Waals surface area contributed by atoms with Gasteiger partial charge < -0.3 is 26.0 Å². The fourth-order valence-electron chi connectivity index (χ4n) is 6.01. The number of phenols is 1. The molecule has 0 bridgehead atoms. The number of benzene rings is 3. The zero-order chi connectivity index (χ0) is 30.8. The summed E-state index contributed by atoms with van der Waals surface area (Å²) >= 11 is 0. The predicted molar refractivity (Wildman–Crippen MR) is 164 cm³/mol. The number of nitrogen functional groups attached to an aromatic ring is 1. The van der Waals surface area contributed by atoms with Gasteiger partial charge in [-0.05, 0) is 34.9 Å². The molecule has 44 heavy (non-hydrogen) atoms. The molecule has 6 rings (SSSR count). The number of urea groups is 1. The molecule has 2 atom stereocenters. The third-order valence-electron chi connectivity index (χ3n) is 8.11. The summed E-state index contributed by atoms with van der Waals surface area (Å²) in [5.41, 5.74) is 9.27. The molecular formula is C32H34N8O4. The molecule has 4 aromatic rings. The molecular weight excluding hydrogens is 560 g/mol. The zero-order valence-corrected chi connectivity index (χ0v) is 24.1. The van der Waals surface area contributed by atoms with E-state index in [2.05, 4.69) is 22.1 Å². The number of nitrogens with zero attached hydrogens (tertiary/aromatic N) is 5. The van der Waals surface area contributed by atoms with E-state index in [1.807, 2.05) is 48.5 Å². The lowest BCUT2D eigenvalue weighted by Gasteiger charge is -2.55. The van der Waals surface area contributed by atoms with Crippen LogP contribution in [0.3, 0.4) is 0 Å². The van der Waals surface area contributed by atoms with Gasteiger partial charge in [-0.25, -0.2) is 14.8 Å². The summed E-state index contributed by atoms with van der Waals surface area (Å²) in [5, 5.41) is 23.9. The van der Waals surface area contributed by atoms with E-state index in [9.17, 15) is 19.5 Å². The van der Waals surface area contributed by atoms with Gasteiger partial charge in [0.25, 0.3) is 0 Å². The van der Waals surface area contributed by atoms with Gasteiger partial charge in [0.15, 0.2) is 5.82 Å². The van der Waals surface area contributed by atoms with Crippen LogP contribution in [-0.4, -0.2) is 84.8 Å². The first kappa shape index (κ1) is 28.7. The normalized spacial score (nSPS) is 18.9. The Balaban J connectivity index is 1.37. The minimum atomic E-state index is -0.882. The number of carbonyl (C=O) groups is 3. The molecule has 0 spiro atoms. The Kier molecular flexibility index (Phi) is 7.90. The number of rotatable bonds is 8. The fourth-order valence-corrected chi connectivity index (χ4v) is 6.01. The first-order chi connectivity index (χ1) is 21.3. The summed E-state index contributed by atoms with van der Waals surface area (Å²) in [6.45, 7) is 4.60. The summed E-state index contributed by atoms with van der Waals surface area (Å²) in [5.74, 6) is -0.0360. The maximum atomic E-state index is 14.2. The van der Waals surface area contributed by atoms with Crippen LogP contribution in [0.15, 0.2) is 85.5 Å². The molecule has 2 unspecified atom stereocenters. The van der Waals surface area contributed by atoms with Crippen LogP contribution in [0.1, 0.15) is 16.7 Å². The molecule has 12 nitrogen and oxygen atoms in total. The molecule has 5 N–H and O–H groups in total. The molecule has 0 aliphatic carbocycles. The average molecular weight is 595 g/mol. The van der Waals surface area contributed by atoms with Crippen molar-refractivity contribution in [2.45, 2.75) is 31.7 Å². The third kappa shape index (κ3) is 5.54. The molecule has 4 amide bonds. The Labute approximate surface area is 254 Å². The molecule has 1 aromatic heterocycles. The lowest BCUT2D eigenvalue weighted by atomic mass is 9.98. The van der Waals surface area contributed by atoms with Crippen LogP contribution in [-0.2, 0) is 29.1 Å². The highest BCUT2D eigenvalue weighted by atomic mass is 16.3. The van der Waals surface area contributed by atoms with Crippen LogP contribution >= 0.6 is 0 Å². The number of hydrogen-bond donors (Lipinski definition) is 4. The monoisotopic (exact) mass is 594 g/mol. The molecule has 226 valence electrons. The van der Waals surface area contributed by atoms with Crippen molar-refractivity contribution in [2.75, 3.05) is 25.4 Å². The second-order valence-electron chi connectivity index (χ2n) is 11.0. The number of nitrogens with two attached hydrogens (primary N) is 1. The number of carbonyl (C=O) groups excluding carboxylic acids is 3. The highest BCUT2D eigenvalue weighted by Crippen LogP contribution is 2.31. The number of aromatic hydroxyl groups is 1. The molecule has 2 saturated heterocycles. The van der Waals surface area contributed by atoms with Crippen LogP contribution in [0.25, 0.3) is 10.9 Å². The topological polar surface area (TPSA) is 151 Å². The number of hydrazine groups is 1. The van der Waals surface area contributed by atoms with E-state index in [4.69, 9.17) is 5.73 Å². The predicted octanol–water partition coefficient (Wildman–Crippen LogP) is 2.59. The smallest absolute Gasteiger partial charge is 0.334 e. The van der Waals surface area contributed by atoms with E-state index in [1.165, 1.54) is 0 Å². The standard InChI is InChI=1S/C32H34N8O4/c1-2-15-38-20-28(42)39-26(16-21-11-13-24(41)14-12-21)31(43)37(18-23-9-6-10-25-29(23)35-36-30(25)33)19-27(39)40(38)32(44)34-17-22-7-4-3-5-8-22/h2-14,26-27,41H,1,15-20H2,(H,34,44)(H3,33,35,36). The van der Waals surface area contributed by atoms with Crippen LogP contribution in [0.2, 0.25) is 0 Å². The van der Waals surface area contributed by atoms with Crippen LogP contribution in [0, 0.1) is 0 Å². The maximum Gasteiger partial charge on any atom is 0.334 e. The van der Waals surface area contributed by atoms with E-state index in [1.54, 1.807) is 50.2 Å². The molecule has 0 saturated carbocycles. The SMILES string of the molecule is C=CCN1CC(=O)N2C(Cc3ccc(O)cc3)C(=O)N(Cc3cccc4c(N)n[nH]c34)CC2N1C(=O)NCc1ccccc1. The summed E-state index contributed by atoms with van der Waals surface area (Å²) in [4.78, 5) is 45.1. The lowest BCUT2D eigenvalue weighted by Crippen LogP contribution is -2.76. The summed E-state index contributed by atoms with van der Waals surface area (Å²) in [6, 6.07) is 20.5. The third-order valence-corrected chi connectivity index (χ3v) is 8.11. The Morgan fingerprint density at radius 1 is 1.07 bits per heavy atom. The molecule has 3 heterocycles. The van der Waals surface area contributed by atoms with Crippen molar-refractivity contribution < 1.29 is 19.5 Å². The molecule has 3 aromatic carbocycles. The number of aromatic nitrogens is 2. The van der Waals surface area contributed by atoms with Crippen LogP contribution < -0.4 is 11.1 Å². The number of nitrogens with one attached hydrogen (secondary N) is 2. The van der Waals surface area contributed by atoms with Crippen molar-refractivity contribution in [1.82, 2.24) is 35.3 Å². The van der Waals surface area contributed by atoms with Crippen molar-refractivity contribution in [3.8, 4) is 5.75 Å². The van der Waals surface area contributed by atoms with Gasteiger partial charge in [0.05, 0.1) is 18.6 Å². The molecule has 2 aliphatic heterocycles. The molecule has 2 fully saturated rings. The minimum Gasteiger partial charge on any atom is -0.508 e. The van der Waals surface area contributed by atoms with Crippen molar-refractivity contribution in [1.29, 1.82) is 0 Å². The summed E-state index contributed by atoms with van der Waals surface area (Å²) in [6.07, 6.45) is 1.07. The van der Waals surface area contributed by atoms with Crippen molar-refractivity contribution in [3.05, 3.63) is 102 Å². The molecule has 0 radical (unpaired) electrons. The Hall–Kier alpha value is -5.36. The van der Waals surface area contributed by atoms with Gasteiger partial charge in [0.1, 0.15) is 18.0 Å². The maximum absolute atomic E-state index is 14.2. The number of piperazine rings is 1. The first-order valence-corrected chi connectivity index (χ1v) is 14.4. The van der Waals surface area contributed by atoms with E-state index < -0.39 is 12.2 Å². The largest absolute Gasteiger partial charge is 0.508 e. The van der Waals surface area contributed by atoms with Gasteiger partial charge in [-0.2, -0.15) is 5.10 Å². The van der Waals surface area contributed by atoms with Crippen molar-refractivity contribution in [2.24, 2.45) is 0 Å². The van der Waals surface area contributed by atoms with Gasteiger partial charge in [0.2, 0.25) is 11.8 Å². The molecule has 12 heteroatoms. The number of phenolic OH excluding ortho intramolecular Hbond substituents is 1. The Morgan fingerprint density at radius 3 is 2.59 bits per heavy atom. The Morgan fingerprint density at radius 2 is 1.84 bits per heavy atom. The van der Waals surface area contributed by atoms with Crippen molar-refractivity contribution >= 4 is 34.6 Å². The quantitative estimate of drug-likeness (QED) is 0.229. The average Bonchev–Trinajstić information content (AvgIpc) is 3.41. The van der Waals surface area contributed by atoms with Crippen molar-refractivity contribution in [3.63, 3.8) is 0 Å². The minimum absolute atomic E-state index is 0.0864. The number of aromatic amines is 1. The van der Waals surface area contributed by atoms with E-state index in [0.717, 1.165) is 27.6 Å². The second-order valence-corrected chi connectivity index (χ2v) is 11.0. The number of H-pyrrole nitrogens is 1. The van der Waals surface area contributed by atoms with Gasteiger partial charge in [0, 0.05) is 31.4 Å². The molecule has 2 aliphatic rings.